The zero-order valence-electron chi connectivity index (χ0n) is 8.99. The predicted molar refractivity (Wildman–Crippen MR) is 66.7 cm³/mol. The van der Waals surface area contributed by atoms with Crippen LogP contribution in [0.25, 0.3) is 0 Å². The summed E-state index contributed by atoms with van der Waals surface area (Å²) >= 11 is 3.46. The van der Waals surface area contributed by atoms with Crippen molar-refractivity contribution in [3.05, 3.63) is 34.3 Å². The van der Waals surface area contributed by atoms with Gasteiger partial charge >= 0.3 is 0 Å². The number of nitrogens with two attached hydrogens (primary N) is 1. The molecule has 0 bridgehead atoms. The van der Waals surface area contributed by atoms with Gasteiger partial charge in [-0.3, -0.25) is 4.90 Å². The second-order valence-corrected chi connectivity index (χ2v) is 5.12. The van der Waals surface area contributed by atoms with E-state index in [1.165, 1.54) is 18.4 Å². The highest BCUT2D eigenvalue weighted by Crippen LogP contribution is 2.34. The molecule has 1 fully saturated rings. The van der Waals surface area contributed by atoms with E-state index in [4.69, 9.17) is 5.73 Å². The van der Waals surface area contributed by atoms with Crippen molar-refractivity contribution < 1.29 is 0 Å². The van der Waals surface area contributed by atoms with Crippen molar-refractivity contribution in [2.75, 3.05) is 13.6 Å². The minimum absolute atomic E-state index is 0.548. The van der Waals surface area contributed by atoms with Crippen molar-refractivity contribution in [2.45, 2.75) is 24.9 Å². The van der Waals surface area contributed by atoms with Crippen molar-refractivity contribution in [1.82, 2.24) is 4.90 Å². The standard InChI is InChI=1S/C12H17BrN2/c1-15-11(8-14)6-7-12(15)9-2-4-10(13)5-3-9/h2-5,11-12H,6-8,14H2,1H3. The van der Waals surface area contributed by atoms with Crippen LogP contribution in [0.5, 0.6) is 0 Å². The van der Waals surface area contributed by atoms with E-state index in [0.29, 0.717) is 12.1 Å². The summed E-state index contributed by atoms with van der Waals surface area (Å²) in [6, 6.07) is 9.72. The Labute approximate surface area is 99.6 Å². The Morgan fingerprint density at radius 2 is 2.00 bits per heavy atom. The zero-order valence-corrected chi connectivity index (χ0v) is 10.6. The highest BCUT2D eigenvalue weighted by Gasteiger charge is 2.30. The van der Waals surface area contributed by atoms with E-state index in [9.17, 15) is 0 Å². The number of rotatable bonds is 2. The Kier molecular flexibility index (Phi) is 3.44. The maximum absolute atomic E-state index is 5.74. The molecular weight excluding hydrogens is 252 g/mol. The summed E-state index contributed by atoms with van der Waals surface area (Å²) in [4.78, 5) is 2.41. The van der Waals surface area contributed by atoms with E-state index in [0.717, 1.165) is 11.0 Å². The number of halogens is 1. The number of hydrogen-bond donors (Lipinski definition) is 1. The van der Waals surface area contributed by atoms with Crippen LogP contribution in [0.2, 0.25) is 0 Å². The van der Waals surface area contributed by atoms with Gasteiger partial charge in [0.15, 0.2) is 0 Å². The third-order valence-electron chi connectivity index (χ3n) is 3.37. The molecule has 2 N–H and O–H groups in total. The lowest BCUT2D eigenvalue weighted by molar-refractivity contribution is 0.247. The van der Waals surface area contributed by atoms with Crippen LogP contribution >= 0.6 is 15.9 Å². The molecule has 2 unspecified atom stereocenters. The molecule has 0 aliphatic carbocycles. The number of likely N-dealkylation sites (N-methyl/N-ethyl adjacent to an activating group) is 1. The lowest BCUT2D eigenvalue weighted by Crippen LogP contribution is -2.33. The van der Waals surface area contributed by atoms with Crippen molar-refractivity contribution in [3.63, 3.8) is 0 Å². The third kappa shape index (κ3) is 2.25. The minimum Gasteiger partial charge on any atom is -0.329 e. The molecule has 1 saturated heterocycles. The van der Waals surface area contributed by atoms with Crippen LogP contribution in [-0.2, 0) is 0 Å². The van der Waals surface area contributed by atoms with Crippen LogP contribution in [0, 0.1) is 0 Å². The van der Waals surface area contributed by atoms with Gasteiger partial charge in [-0.2, -0.15) is 0 Å². The first kappa shape index (κ1) is 11.1. The Morgan fingerprint density at radius 3 is 2.53 bits per heavy atom. The Bertz CT molecular complexity index is 323. The molecule has 1 aliphatic heterocycles. The molecule has 0 spiro atoms. The SMILES string of the molecule is CN1C(CN)CCC1c1ccc(Br)cc1. The number of nitrogens with zero attached hydrogens (tertiary/aromatic N) is 1. The maximum atomic E-state index is 5.74. The van der Waals surface area contributed by atoms with Gasteiger partial charge < -0.3 is 5.73 Å². The topological polar surface area (TPSA) is 29.3 Å². The fourth-order valence-corrected chi connectivity index (χ4v) is 2.65. The summed E-state index contributed by atoms with van der Waals surface area (Å²) in [5.41, 5.74) is 7.14. The summed E-state index contributed by atoms with van der Waals surface area (Å²) in [6.07, 6.45) is 2.44. The molecule has 2 nitrogen and oxygen atoms in total. The number of benzene rings is 1. The molecule has 82 valence electrons. The lowest BCUT2D eigenvalue weighted by Gasteiger charge is -2.25. The van der Waals surface area contributed by atoms with Crippen molar-refractivity contribution in [3.8, 4) is 0 Å². The van der Waals surface area contributed by atoms with Gasteiger partial charge in [0, 0.05) is 23.1 Å². The quantitative estimate of drug-likeness (QED) is 0.894. The molecule has 2 atom stereocenters. The van der Waals surface area contributed by atoms with Crippen LogP contribution < -0.4 is 5.73 Å². The van der Waals surface area contributed by atoms with Gasteiger partial charge in [0.1, 0.15) is 0 Å². The predicted octanol–water partition coefficient (Wildman–Crippen LogP) is 2.54. The average Bonchev–Trinajstić information content (AvgIpc) is 2.61. The first-order chi connectivity index (χ1) is 7.22. The second kappa shape index (κ2) is 4.64. The van der Waals surface area contributed by atoms with Gasteiger partial charge in [-0.15, -0.1) is 0 Å². The van der Waals surface area contributed by atoms with Gasteiger partial charge in [0.05, 0.1) is 0 Å². The van der Waals surface area contributed by atoms with E-state index < -0.39 is 0 Å². The number of likely N-dealkylation sites (tertiary alicyclic amines) is 1. The van der Waals surface area contributed by atoms with Gasteiger partial charge in [-0.25, -0.2) is 0 Å². The first-order valence-electron chi connectivity index (χ1n) is 5.40. The molecule has 0 amide bonds. The first-order valence-corrected chi connectivity index (χ1v) is 6.19. The highest BCUT2D eigenvalue weighted by atomic mass is 79.9. The Morgan fingerprint density at radius 1 is 1.33 bits per heavy atom. The molecule has 1 heterocycles. The molecule has 0 aromatic heterocycles. The van der Waals surface area contributed by atoms with Crippen LogP contribution in [-0.4, -0.2) is 24.5 Å². The molecule has 1 aromatic rings. The van der Waals surface area contributed by atoms with Crippen molar-refractivity contribution in [2.24, 2.45) is 5.73 Å². The summed E-state index contributed by atoms with van der Waals surface area (Å²) in [5.74, 6) is 0. The van der Waals surface area contributed by atoms with E-state index in [-0.39, 0.29) is 0 Å². The number of hydrogen-bond acceptors (Lipinski definition) is 2. The van der Waals surface area contributed by atoms with Gasteiger partial charge in [-0.1, -0.05) is 28.1 Å². The largest absolute Gasteiger partial charge is 0.329 e. The Balaban J connectivity index is 2.15. The van der Waals surface area contributed by atoms with Crippen LogP contribution in [0.15, 0.2) is 28.7 Å². The van der Waals surface area contributed by atoms with E-state index in [2.05, 4.69) is 52.1 Å². The second-order valence-electron chi connectivity index (χ2n) is 4.20. The molecule has 0 saturated carbocycles. The fraction of sp³-hybridized carbons (Fsp3) is 0.500. The van der Waals surface area contributed by atoms with Gasteiger partial charge in [0.2, 0.25) is 0 Å². The maximum Gasteiger partial charge on any atom is 0.0349 e. The smallest absolute Gasteiger partial charge is 0.0349 e. The lowest BCUT2D eigenvalue weighted by atomic mass is 10.1. The van der Waals surface area contributed by atoms with E-state index >= 15 is 0 Å². The molecule has 2 rings (SSSR count). The summed E-state index contributed by atoms with van der Waals surface area (Å²) in [5, 5.41) is 0. The summed E-state index contributed by atoms with van der Waals surface area (Å²) in [7, 11) is 2.18. The molecular formula is C12H17BrN2. The minimum atomic E-state index is 0.548. The Hall–Kier alpha value is -0.380. The average molecular weight is 269 g/mol. The summed E-state index contributed by atoms with van der Waals surface area (Å²) in [6.45, 7) is 0.767. The van der Waals surface area contributed by atoms with Gasteiger partial charge in [-0.05, 0) is 37.6 Å². The molecule has 3 heteroatoms. The van der Waals surface area contributed by atoms with Gasteiger partial charge in [0.25, 0.3) is 0 Å². The van der Waals surface area contributed by atoms with E-state index in [1.807, 2.05) is 0 Å². The molecule has 15 heavy (non-hydrogen) atoms. The normalized spacial score (nSPS) is 27.1. The van der Waals surface area contributed by atoms with Crippen molar-refractivity contribution in [1.29, 1.82) is 0 Å². The molecule has 1 aromatic carbocycles. The van der Waals surface area contributed by atoms with E-state index in [1.54, 1.807) is 0 Å². The van der Waals surface area contributed by atoms with Crippen LogP contribution in [0.3, 0.4) is 0 Å². The third-order valence-corrected chi connectivity index (χ3v) is 3.90. The van der Waals surface area contributed by atoms with Crippen LogP contribution in [0.1, 0.15) is 24.4 Å². The van der Waals surface area contributed by atoms with Crippen LogP contribution in [0.4, 0.5) is 0 Å². The molecule has 1 aliphatic rings. The fourth-order valence-electron chi connectivity index (χ4n) is 2.38. The highest BCUT2D eigenvalue weighted by molar-refractivity contribution is 9.10. The van der Waals surface area contributed by atoms with Crippen molar-refractivity contribution >= 4 is 15.9 Å². The molecule has 0 radical (unpaired) electrons. The summed E-state index contributed by atoms with van der Waals surface area (Å²) < 4.78 is 1.14. The zero-order chi connectivity index (χ0) is 10.8. The monoisotopic (exact) mass is 268 g/mol.